The molecule has 0 aliphatic rings. The standard InChI is InChI=1S/C38H22N4O.C26H15BrN4.C12H9BO3.CH4/c1-4-12-30-27(11-1)37-39-31-13-5-7-15-34(31)42(37)38(40-30)41-32-14-6-2-9-25(32)28-21-23(17-19-33(28)41)24-18-20-36-29(22-24)26-10-3-8-16-35(26)43-36;27-16-13-14-23-19(15-16)17-7-2-5-11-22(17)30(23)26-29-20-9-3-1-8-18(20)25-28-21-10-4-6-12-24(21)31(25)26;14-13(15)8-5-6-12-10(7-8)9-3-1-2-4-11(9)16-12;/h1-22H;1-15H;1-7,14-15H;1H4. The molecular formula is C77H50BBrN8O4. The Labute approximate surface area is 526 Å². The molecule has 0 spiro atoms. The van der Waals surface area contributed by atoms with E-state index in [-0.39, 0.29) is 7.43 Å². The molecule has 0 aliphatic heterocycles. The van der Waals surface area contributed by atoms with E-state index in [0.29, 0.717) is 5.46 Å². The Bertz CT molecular complexity index is 6330. The minimum absolute atomic E-state index is 0. The lowest BCUT2D eigenvalue weighted by Crippen LogP contribution is -2.29. The van der Waals surface area contributed by atoms with Gasteiger partial charge in [-0.2, -0.15) is 0 Å². The summed E-state index contributed by atoms with van der Waals surface area (Å²) in [6, 6.07) is 90.8. The van der Waals surface area contributed by atoms with Crippen LogP contribution in [0.15, 0.2) is 280 Å². The maximum absolute atomic E-state index is 9.12. The third-order valence-corrected chi connectivity index (χ3v) is 17.9. The first-order chi connectivity index (χ1) is 44.4. The van der Waals surface area contributed by atoms with Gasteiger partial charge in [-0.15, -0.1) is 0 Å². The number of aromatic nitrogens is 8. The maximum Gasteiger partial charge on any atom is 0.488 e. The van der Waals surface area contributed by atoms with Gasteiger partial charge in [0.1, 0.15) is 33.6 Å². The fourth-order valence-corrected chi connectivity index (χ4v) is 13.7. The van der Waals surface area contributed by atoms with Crippen LogP contribution in [-0.4, -0.2) is 55.0 Å². The van der Waals surface area contributed by atoms with E-state index in [1.807, 2.05) is 66.7 Å². The fourth-order valence-electron chi connectivity index (χ4n) is 13.3. The predicted octanol–water partition coefficient (Wildman–Crippen LogP) is 18.5. The molecule has 0 radical (unpaired) electrons. The van der Waals surface area contributed by atoms with Crippen LogP contribution in [0, 0.1) is 0 Å². The van der Waals surface area contributed by atoms with E-state index in [2.05, 4.69) is 216 Å². The number of furan rings is 2. The van der Waals surface area contributed by atoms with Crippen LogP contribution in [0.2, 0.25) is 0 Å². The highest BCUT2D eigenvalue weighted by Gasteiger charge is 2.23. The molecule has 91 heavy (non-hydrogen) atoms. The first-order valence-corrected chi connectivity index (χ1v) is 30.4. The monoisotopic (exact) mass is 1240 g/mol. The summed E-state index contributed by atoms with van der Waals surface area (Å²) in [5.74, 6) is 1.67. The van der Waals surface area contributed by atoms with Gasteiger partial charge in [0.15, 0.2) is 0 Å². The van der Waals surface area contributed by atoms with E-state index in [4.69, 9.17) is 38.8 Å². The smallest absolute Gasteiger partial charge is 0.456 e. The van der Waals surface area contributed by atoms with E-state index in [1.165, 1.54) is 21.5 Å². The van der Waals surface area contributed by atoms with Gasteiger partial charge in [0, 0.05) is 58.3 Å². The van der Waals surface area contributed by atoms with Crippen molar-refractivity contribution in [3.8, 4) is 23.0 Å². The molecule has 0 fully saturated rings. The minimum Gasteiger partial charge on any atom is -0.456 e. The number of hydrogen-bond acceptors (Lipinski definition) is 8. The van der Waals surface area contributed by atoms with Gasteiger partial charge in [-0.3, -0.25) is 17.9 Å². The Morgan fingerprint density at radius 1 is 0.308 bits per heavy atom. The third-order valence-electron chi connectivity index (χ3n) is 17.4. The number of rotatable bonds is 4. The van der Waals surface area contributed by atoms with Crippen molar-refractivity contribution in [3.63, 3.8) is 0 Å². The predicted molar refractivity (Wildman–Crippen MR) is 375 cm³/mol. The summed E-state index contributed by atoms with van der Waals surface area (Å²) in [6.45, 7) is 0. The van der Waals surface area contributed by atoms with Crippen molar-refractivity contribution in [2.45, 2.75) is 7.43 Å². The molecule has 20 rings (SSSR count). The van der Waals surface area contributed by atoms with Crippen molar-refractivity contribution in [1.29, 1.82) is 0 Å². The quantitative estimate of drug-likeness (QED) is 0.166. The number of para-hydroxylation sites is 10. The Kier molecular flexibility index (Phi) is 12.5. The number of nitrogens with zero attached hydrogens (tertiary/aromatic N) is 8. The van der Waals surface area contributed by atoms with E-state index < -0.39 is 7.12 Å². The van der Waals surface area contributed by atoms with Crippen molar-refractivity contribution in [2.75, 3.05) is 0 Å². The molecule has 2 N–H and O–H groups in total. The van der Waals surface area contributed by atoms with Crippen molar-refractivity contribution in [1.82, 2.24) is 37.9 Å². The molecule has 0 saturated heterocycles. The summed E-state index contributed by atoms with van der Waals surface area (Å²) in [7, 11) is -1.45. The Hall–Kier alpha value is -11.4. The lowest BCUT2D eigenvalue weighted by molar-refractivity contribution is 0.426. The summed E-state index contributed by atoms with van der Waals surface area (Å²) in [5, 5.41) is 29.2. The molecule has 0 atom stereocenters. The first kappa shape index (κ1) is 53.8. The summed E-state index contributed by atoms with van der Waals surface area (Å²) >= 11 is 3.64. The minimum atomic E-state index is -1.45. The van der Waals surface area contributed by atoms with E-state index >= 15 is 0 Å². The summed E-state index contributed by atoms with van der Waals surface area (Å²) in [4.78, 5) is 20.5. The number of imidazole rings is 2. The van der Waals surface area contributed by atoms with Crippen molar-refractivity contribution >= 4 is 171 Å². The van der Waals surface area contributed by atoms with Gasteiger partial charge in [0.05, 0.1) is 55.2 Å². The van der Waals surface area contributed by atoms with Crippen molar-refractivity contribution in [3.05, 3.63) is 271 Å². The average Bonchev–Trinajstić information content (AvgIpc) is 1.60. The van der Waals surface area contributed by atoms with Crippen LogP contribution in [0.3, 0.4) is 0 Å². The Morgan fingerprint density at radius 3 is 1.21 bits per heavy atom. The number of hydrogen-bond donors (Lipinski definition) is 2. The molecule has 0 aliphatic carbocycles. The molecule has 8 aromatic heterocycles. The van der Waals surface area contributed by atoms with Crippen LogP contribution in [-0.2, 0) is 0 Å². The highest BCUT2D eigenvalue weighted by atomic mass is 79.9. The van der Waals surface area contributed by atoms with Gasteiger partial charge in [0.25, 0.3) is 0 Å². The second kappa shape index (κ2) is 21.1. The highest BCUT2D eigenvalue weighted by Crippen LogP contribution is 2.40. The van der Waals surface area contributed by atoms with Crippen LogP contribution >= 0.6 is 15.9 Å². The second-order valence-electron chi connectivity index (χ2n) is 22.5. The van der Waals surface area contributed by atoms with Gasteiger partial charge >= 0.3 is 7.12 Å². The summed E-state index contributed by atoms with van der Waals surface area (Å²) in [5.41, 5.74) is 18.3. The number of fused-ring (bicyclic) bond motifs is 22. The van der Waals surface area contributed by atoms with Gasteiger partial charge in [-0.25, -0.2) is 19.9 Å². The highest BCUT2D eigenvalue weighted by molar-refractivity contribution is 9.10. The molecule has 0 unspecified atom stereocenters. The molecule has 0 bridgehead atoms. The molecule has 8 heterocycles. The van der Waals surface area contributed by atoms with Gasteiger partial charge in [-0.05, 0) is 138 Å². The van der Waals surface area contributed by atoms with E-state index in [9.17, 15) is 0 Å². The molecule has 20 aromatic rings. The molecule has 12 aromatic carbocycles. The largest absolute Gasteiger partial charge is 0.488 e. The Balaban J connectivity index is 0.000000115. The molecule has 432 valence electrons. The zero-order valence-corrected chi connectivity index (χ0v) is 49.2. The second-order valence-corrected chi connectivity index (χ2v) is 23.4. The molecule has 0 amide bonds. The normalized spacial score (nSPS) is 11.8. The Morgan fingerprint density at radius 2 is 0.681 bits per heavy atom. The van der Waals surface area contributed by atoms with Crippen LogP contribution in [0.5, 0.6) is 0 Å². The zero-order valence-electron chi connectivity index (χ0n) is 47.6. The molecule has 12 nitrogen and oxygen atoms in total. The van der Waals surface area contributed by atoms with Gasteiger partial charge < -0.3 is 18.9 Å². The van der Waals surface area contributed by atoms with Crippen LogP contribution in [0.4, 0.5) is 0 Å². The number of benzene rings is 12. The molecular weight excluding hydrogens is 1190 g/mol. The molecule has 0 saturated carbocycles. The van der Waals surface area contributed by atoms with Crippen LogP contribution in [0.1, 0.15) is 7.43 Å². The fraction of sp³-hybridized carbons (Fsp3) is 0.0130. The van der Waals surface area contributed by atoms with Gasteiger partial charge in [-0.1, -0.05) is 169 Å². The van der Waals surface area contributed by atoms with Crippen LogP contribution < -0.4 is 5.46 Å². The maximum atomic E-state index is 9.12. The SMILES string of the molecule is Brc1ccc2c(c1)c1ccccc1n2-c1nc2ccccc2c2nc3ccccc3n12.C.OB(O)c1ccc2oc3ccccc3c2c1.c1ccc2c(c1)nc(-n1c3ccccc3c3cc(-c4ccc5oc6ccccc6c5c4)ccc31)n1c3ccccc3nc21. The number of halogens is 1. The first-order valence-electron chi connectivity index (χ1n) is 29.6. The van der Waals surface area contributed by atoms with Crippen molar-refractivity contribution < 1.29 is 18.9 Å². The zero-order chi connectivity index (χ0) is 59.7. The third kappa shape index (κ3) is 8.52. The molecule has 14 heteroatoms. The van der Waals surface area contributed by atoms with Crippen molar-refractivity contribution in [2.24, 2.45) is 0 Å². The summed E-state index contributed by atoms with van der Waals surface area (Å²) < 4.78 is 21.7. The van der Waals surface area contributed by atoms with Gasteiger partial charge in [0.2, 0.25) is 11.9 Å². The van der Waals surface area contributed by atoms with E-state index in [1.54, 1.807) is 18.2 Å². The lowest BCUT2D eigenvalue weighted by atomic mass is 9.80. The average molecular weight is 1240 g/mol. The summed E-state index contributed by atoms with van der Waals surface area (Å²) in [6.07, 6.45) is 0. The topological polar surface area (TPSA) is 137 Å². The van der Waals surface area contributed by atoms with E-state index in [0.717, 1.165) is 149 Å². The lowest BCUT2D eigenvalue weighted by Gasteiger charge is -2.12. The van der Waals surface area contributed by atoms with Crippen LogP contribution in [0.25, 0.3) is 166 Å².